The van der Waals surface area contributed by atoms with E-state index in [-0.39, 0.29) is 19.4 Å². The van der Waals surface area contributed by atoms with Crippen molar-refractivity contribution >= 4 is 19.8 Å². The van der Waals surface area contributed by atoms with Gasteiger partial charge in [0.15, 0.2) is 6.10 Å². The van der Waals surface area contributed by atoms with Gasteiger partial charge in [0, 0.05) is 12.8 Å². The van der Waals surface area contributed by atoms with E-state index in [4.69, 9.17) is 19.3 Å². The van der Waals surface area contributed by atoms with Crippen LogP contribution in [0.5, 0.6) is 0 Å². The van der Waals surface area contributed by atoms with Gasteiger partial charge in [-0.25, -0.2) is 4.57 Å². The maximum Gasteiger partial charge on any atom is 0.469 e. The van der Waals surface area contributed by atoms with Gasteiger partial charge < -0.3 is 19.3 Å². The molecule has 1 atom stereocenters. The number of phosphoric acid groups is 1. The minimum absolute atomic E-state index is 0.211. The summed E-state index contributed by atoms with van der Waals surface area (Å²) in [6.45, 7) is 3.69. The first-order valence-corrected chi connectivity index (χ1v) is 22.0. The van der Waals surface area contributed by atoms with Crippen LogP contribution in [-0.2, 0) is 28.2 Å². The lowest BCUT2D eigenvalue weighted by atomic mass is 10.0. The summed E-state index contributed by atoms with van der Waals surface area (Å²) in [5.74, 6) is -0.879. The van der Waals surface area contributed by atoms with Gasteiger partial charge in [-0.15, -0.1) is 0 Å². The van der Waals surface area contributed by atoms with Crippen LogP contribution in [-0.4, -0.2) is 41.0 Å². The molecule has 0 heterocycles. The van der Waals surface area contributed by atoms with Gasteiger partial charge in [-0.05, 0) is 38.5 Å². The summed E-state index contributed by atoms with van der Waals surface area (Å²) >= 11 is 0. The number of allylic oxidation sites excluding steroid dienone is 2. The first-order chi connectivity index (χ1) is 23.8. The summed E-state index contributed by atoms with van der Waals surface area (Å²) in [6, 6.07) is 0. The normalized spacial score (nSPS) is 12.5. The van der Waals surface area contributed by atoms with Crippen molar-refractivity contribution in [3.05, 3.63) is 12.2 Å². The Bertz CT molecular complexity index is 812. The number of ether oxygens (including phenoxy) is 2. The van der Waals surface area contributed by atoms with Gasteiger partial charge in [0.05, 0.1) is 6.61 Å². The number of esters is 2. The maximum absolute atomic E-state index is 12.4. The average molecular weight is 717 g/mol. The minimum atomic E-state index is -4.75. The highest BCUT2D eigenvalue weighted by Gasteiger charge is 2.22. The Balaban J connectivity index is 3.90. The Morgan fingerprint density at radius 1 is 0.510 bits per heavy atom. The van der Waals surface area contributed by atoms with Crippen LogP contribution >= 0.6 is 7.82 Å². The zero-order valence-electron chi connectivity index (χ0n) is 31.9. The lowest BCUT2D eigenvalue weighted by molar-refractivity contribution is -0.161. The van der Waals surface area contributed by atoms with E-state index in [0.29, 0.717) is 6.42 Å². The molecule has 0 aromatic rings. The van der Waals surface area contributed by atoms with Crippen LogP contribution in [0.3, 0.4) is 0 Å². The molecule has 0 aromatic carbocycles. The molecule has 1 unspecified atom stereocenters. The SMILES string of the molecule is CCCCCCCC/C=C\CCCCCCCCCC(=O)OC(COC(=O)CCCCCCCCCCCCCCCC)COP(=O)(O)O. The molecule has 0 saturated carbocycles. The molecule has 0 radical (unpaired) electrons. The smallest absolute Gasteiger partial charge is 0.462 e. The molecule has 0 aliphatic heterocycles. The van der Waals surface area contributed by atoms with E-state index < -0.39 is 32.5 Å². The fourth-order valence-corrected chi connectivity index (χ4v) is 6.32. The zero-order valence-corrected chi connectivity index (χ0v) is 32.8. The quantitative estimate of drug-likeness (QED) is 0.0280. The number of hydrogen-bond donors (Lipinski definition) is 2. The summed E-state index contributed by atoms with van der Waals surface area (Å²) in [5.41, 5.74) is 0. The van der Waals surface area contributed by atoms with E-state index in [1.54, 1.807) is 0 Å². The molecule has 0 fully saturated rings. The predicted octanol–water partition coefficient (Wildman–Crippen LogP) is 12.2. The van der Waals surface area contributed by atoms with E-state index in [1.165, 1.54) is 135 Å². The van der Waals surface area contributed by atoms with Crippen molar-refractivity contribution in [2.24, 2.45) is 0 Å². The number of hydrogen-bond acceptors (Lipinski definition) is 6. The fourth-order valence-electron chi connectivity index (χ4n) is 5.96. The molecule has 9 heteroatoms. The van der Waals surface area contributed by atoms with Gasteiger partial charge in [0.25, 0.3) is 0 Å². The molecular formula is C40H77O8P. The topological polar surface area (TPSA) is 119 Å². The molecule has 2 N–H and O–H groups in total. The third-order valence-electron chi connectivity index (χ3n) is 9.03. The molecule has 0 amide bonds. The monoisotopic (exact) mass is 717 g/mol. The molecule has 0 rings (SSSR count). The van der Waals surface area contributed by atoms with Crippen LogP contribution in [0.4, 0.5) is 0 Å². The summed E-state index contributed by atoms with van der Waals surface area (Å²) < 4.78 is 26.4. The van der Waals surface area contributed by atoms with Gasteiger partial charge in [-0.1, -0.05) is 174 Å². The van der Waals surface area contributed by atoms with Crippen LogP contribution < -0.4 is 0 Å². The Kier molecular flexibility index (Phi) is 35.7. The van der Waals surface area contributed by atoms with Gasteiger partial charge in [-0.3, -0.25) is 14.1 Å². The Labute approximate surface area is 301 Å². The Morgan fingerprint density at radius 2 is 0.857 bits per heavy atom. The first kappa shape index (κ1) is 47.8. The first-order valence-electron chi connectivity index (χ1n) is 20.5. The van der Waals surface area contributed by atoms with Crippen LogP contribution in [0.15, 0.2) is 12.2 Å². The standard InChI is InChI=1S/C40H77O8P/c1-3-5-7-9-11-13-15-17-19-20-21-23-25-27-29-31-33-35-40(42)48-38(37-47-49(43,44)45)36-46-39(41)34-32-30-28-26-24-22-18-16-14-12-10-8-6-4-2/h17,19,38H,3-16,18,20-37H2,1-2H3,(H2,43,44,45)/b19-17-. The van der Waals surface area contributed by atoms with Crippen molar-refractivity contribution in [1.29, 1.82) is 0 Å². The number of carbonyl (C=O) groups excluding carboxylic acids is 2. The second-order valence-electron chi connectivity index (χ2n) is 14.0. The zero-order chi connectivity index (χ0) is 36.1. The largest absolute Gasteiger partial charge is 0.469 e. The average Bonchev–Trinajstić information content (AvgIpc) is 3.07. The molecule has 0 aromatic heterocycles. The van der Waals surface area contributed by atoms with Gasteiger partial charge in [0.2, 0.25) is 0 Å². The lowest BCUT2D eigenvalue weighted by Crippen LogP contribution is -2.29. The van der Waals surface area contributed by atoms with Crippen molar-refractivity contribution in [2.45, 2.75) is 219 Å². The Hall–Kier alpha value is -1.21. The fraction of sp³-hybridized carbons (Fsp3) is 0.900. The van der Waals surface area contributed by atoms with Crippen molar-refractivity contribution in [3.8, 4) is 0 Å². The lowest BCUT2D eigenvalue weighted by Gasteiger charge is -2.18. The van der Waals surface area contributed by atoms with E-state index in [2.05, 4.69) is 30.5 Å². The van der Waals surface area contributed by atoms with Crippen LogP contribution in [0.1, 0.15) is 213 Å². The molecule has 0 spiro atoms. The number of phosphoric ester groups is 1. The summed E-state index contributed by atoms with van der Waals surface area (Å²) in [4.78, 5) is 42.8. The van der Waals surface area contributed by atoms with Crippen molar-refractivity contribution in [2.75, 3.05) is 13.2 Å². The van der Waals surface area contributed by atoms with E-state index >= 15 is 0 Å². The Morgan fingerprint density at radius 3 is 1.24 bits per heavy atom. The summed E-state index contributed by atoms with van der Waals surface area (Å²) in [5, 5.41) is 0. The number of rotatable bonds is 38. The second-order valence-corrected chi connectivity index (χ2v) is 15.2. The van der Waals surface area contributed by atoms with Crippen molar-refractivity contribution in [1.82, 2.24) is 0 Å². The van der Waals surface area contributed by atoms with Crippen molar-refractivity contribution < 1.29 is 37.9 Å². The highest BCUT2D eigenvalue weighted by molar-refractivity contribution is 7.46. The highest BCUT2D eigenvalue weighted by atomic mass is 31.2. The molecule has 0 aliphatic rings. The molecule has 0 saturated heterocycles. The molecule has 0 aliphatic carbocycles. The summed E-state index contributed by atoms with van der Waals surface area (Å²) in [7, 11) is -4.75. The summed E-state index contributed by atoms with van der Waals surface area (Å²) in [6.07, 6.45) is 39.3. The number of unbranched alkanes of at least 4 members (excludes halogenated alkanes) is 26. The van der Waals surface area contributed by atoms with Crippen molar-refractivity contribution in [3.63, 3.8) is 0 Å². The van der Waals surface area contributed by atoms with Crippen LogP contribution in [0, 0.1) is 0 Å². The predicted molar refractivity (Wildman–Crippen MR) is 202 cm³/mol. The minimum Gasteiger partial charge on any atom is -0.462 e. The molecule has 8 nitrogen and oxygen atoms in total. The second kappa shape index (κ2) is 36.6. The number of carbonyl (C=O) groups is 2. The maximum atomic E-state index is 12.4. The molecule has 49 heavy (non-hydrogen) atoms. The third-order valence-corrected chi connectivity index (χ3v) is 9.52. The van der Waals surface area contributed by atoms with Crippen LogP contribution in [0.25, 0.3) is 0 Å². The van der Waals surface area contributed by atoms with Gasteiger partial charge in [-0.2, -0.15) is 0 Å². The van der Waals surface area contributed by atoms with E-state index in [9.17, 15) is 14.2 Å². The van der Waals surface area contributed by atoms with Gasteiger partial charge in [0.1, 0.15) is 6.61 Å². The third kappa shape index (κ3) is 39.4. The molecule has 0 bridgehead atoms. The highest BCUT2D eigenvalue weighted by Crippen LogP contribution is 2.36. The van der Waals surface area contributed by atoms with E-state index in [1.807, 2.05) is 0 Å². The molecule has 290 valence electrons. The molecular weight excluding hydrogens is 639 g/mol. The van der Waals surface area contributed by atoms with E-state index in [0.717, 1.165) is 44.9 Å². The van der Waals surface area contributed by atoms with Gasteiger partial charge >= 0.3 is 19.8 Å². The van der Waals surface area contributed by atoms with Crippen LogP contribution in [0.2, 0.25) is 0 Å².